The van der Waals surface area contributed by atoms with Gasteiger partial charge in [0.1, 0.15) is 0 Å². The third kappa shape index (κ3) is 3.29. The Morgan fingerprint density at radius 1 is 1.33 bits per heavy atom. The zero-order chi connectivity index (χ0) is 7.49. The molecule has 1 unspecified atom stereocenters. The molecule has 2 N–H and O–H groups in total. The van der Waals surface area contributed by atoms with Crippen molar-refractivity contribution in [1.82, 2.24) is 0 Å². The summed E-state index contributed by atoms with van der Waals surface area (Å²) in [5.41, 5.74) is 4.69. The molecule has 56 valence electrons. The van der Waals surface area contributed by atoms with Crippen molar-refractivity contribution < 1.29 is 17.6 Å². The average molecular weight is 145 g/mol. The minimum absolute atomic E-state index is 0.277. The Labute approximate surface area is 49.8 Å². The molecule has 0 radical (unpaired) electrons. The predicted octanol–water partition coefficient (Wildman–Crippen LogP) is 1.24. The predicted molar refractivity (Wildman–Crippen MR) is 24.6 cm³/mol. The molecule has 0 saturated heterocycles. The van der Waals surface area contributed by atoms with Gasteiger partial charge < -0.3 is 5.73 Å². The van der Waals surface area contributed by atoms with Gasteiger partial charge in [-0.1, -0.05) is 0 Å². The third-order valence-corrected chi connectivity index (χ3v) is 0.775. The quantitative estimate of drug-likeness (QED) is 0.581. The first-order valence-electron chi connectivity index (χ1n) is 2.39. The van der Waals surface area contributed by atoms with Gasteiger partial charge in [-0.15, -0.1) is 0 Å². The van der Waals surface area contributed by atoms with Crippen molar-refractivity contribution in [3.05, 3.63) is 0 Å². The molecule has 9 heavy (non-hydrogen) atoms. The highest BCUT2D eigenvalue weighted by Gasteiger charge is 2.38. The van der Waals surface area contributed by atoms with E-state index >= 15 is 0 Å². The number of hydrogen-bond donors (Lipinski definition) is 1. The fourth-order valence-electron chi connectivity index (χ4n) is 0.310. The molecule has 0 aliphatic rings. The van der Waals surface area contributed by atoms with Crippen LogP contribution in [0.15, 0.2) is 0 Å². The van der Waals surface area contributed by atoms with E-state index in [-0.39, 0.29) is 6.54 Å². The van der Waals surface area contributed by atoms with Gasteiger partial charge in [0.2, 0.25) is 0 Å². The molecule has 0 aliphatic heterocycles. The van der Waals surface area contributed by atoms with Crippen LogP contribution < -0.4 is 5.73 Å². The molecule has 0 saturated carbocycles. The molecule has 0 rings (SSSR count). The molecular formula is C4H7F4N. The van der Waals surface area contributed by atoms with Crippen LogP contribution in [0.25, 0.3) is 0 Å². The molecule has 0 amide bonds. The first kappa shape index (κ1) is 8.68. The summed E-state index contributed by atoms with van der Waals surface area (Å²) in [5.74, 6) is 0. The first-order chi connectivity index (χ1) is 3.98. The Kier molecular flexibility index (Phi) is 2.90. The molecular weight excluding hydrogens is 138 g/mol. The van der Waals surface area contributed by atoms with Crippen molar-refractivity contribution in [1.29, 1.82) is 0 Å². The smallest absolute Gasteiger partial charge is 0.330 e. The fraction of sp³-hybridized carbons (Fsp3) is 1.00. The number of halogens is 4. The van der Waals surface area contributed by atoms with Crippen LogP contribution in [0.2, 0.25) is 0 Å². The summed E-state index contributed by atoms with van der Waals surface area (Å²) in [6, 6.07) is 0. The minimum atomic E-state index is -4.74. The van der Waals surface area contributed by atoms with E-state index in [0.29, 0.717) is 0 Å². The van der Waals surface area contributed by atoms with Crippen LogP contribution in [0.3, 0.4) is 0 Å². The van der Waals surface area contributed by atoms with Crippen LogP contribution in [-0.2, 0) is 0 Å². The van der Waals surface area contributed by atoms with E-state index < -0.39 is 18.8 Å². The second-order valence-electron chi connectivity index (χ2n) is 1.59. The van der Waals surface area contributed by atoms with Gasteiger partial charge in [-0.3, -0.25) is 0 Å². The Balaban J connectivity index is 3.59. The third-order valence-electron chi connectivity index (χ3n) is 0.775. The van der Waals surface area contributed by atoms with Gasteiger partial charge in [0.05, 0.1) is 0 Å². The summed E-state index contributed by atoms with van der Waals surface area (Å²) in [6.45, 7) is -0.277. The SMILES string of the molecule is NCCC(F)C(F)(F)F. The number of nitrogens with two attached hydrogens (primary N) is 1. The number of alkyl halides is 4. The lowest BCUT2D eigenvalue weighted by atomic mass is 10.3. The lowest BCUT2D eigenvalue weighted by molar-refractivity contribution is -0.181. The van der Waals surface area contributed by atoms with E-state index in [4.69, 9.17) is 0 Å². The normalized spacial score (nSPS) is 15.7. The van der Waals surface area contributed by atoms with E-state index in [1.54, 1.807) is 0 Å². The van der Waals surface area contributed by atoms with Crippen LogP contribution in [0.1, 0.15) is 6.42 Å². The summed E-state index contributed by atoms with van der Waals surface area (Å²) in [6.07, 6.45) is -8.15. The van der Waals surface area contributed by atoms with E-state index in [1.165, 1.54) is 0 Å². The van der Waals surface area contributed by atoms with Gasteiger partial charge in [-0.05, 0) is 13.0 Å². The van der Waals surface area contributed by atoms with E-state index in [0.717, 1.165) is 0 Å². The van der Waals surface area contributed by atoms with Crippen molar-refractivity contribution in [3.8, 4) is 0 Å². The maximum absolute atomic E-state index is 11.7. The summed E-state index contributed by atoms with van der Waals surface area (Å²) in [5, 5.41) is 0. The van der Waals surface area contributed by atoms with Crippen molar-refractivity contribution >= 4 is 0 Å². The highest BCUT2D eigenvalue weighted by atomic mass is 19.4. The molecule has 0 spiro atoms. The van der Waals surface area contributed by atoms with Crippen LogP contribution in [0.5, 0.6) is 0 Å². The maximum atomic E-state index is 11.7. The molecule has 0 fully saturated rings. The van der Waals surface area contributed by atoms with E-state index in [1.807, 2.05) is 0 Å². The average Bonchev–Trinajstić information content (AvgIpc) is 1.64. The number of hydrogen-bond acceptors (Lipinski definition) is 1. The molecule has 1 nitrogen and oxygen atoms in total. The monoisotopic (exact) mass is 145 g/mol. The molecule has 0 aliphatic carbocycles. The Bertz CT molecular complexity index is 79.1. The minimum Gasteiger partial charge on any atom is -0.330 e. The highest BCUT2D eigenvalue weighted by Crippen LogP contribution is 2.24. The summed E-state index contributed by atoms with van der Waals surface area (Å²) < 4.78 is 45.3. The molecule has 0 aromatic carbocycles. The van der Waals surface area contributed by atoms with Gasteiger partial charge >= 0.3 is 6.18 Å². The Morgan fingerprint density at radius 2 is 1.78 bits per heavy atom. The largest absolute Gasteiger partial charge is 0.419 e. The number of rotatable bonds is 2. The van der Waals surface area contributed by atoms with Crippen molar-refractivity contribution in [3.63, 3.8) is 0 Å². The lowest BCUT2D eigenvalue weighted by Gasteiger charge is -2.09. The van der Waals surface area contributed by atoms with Crippen molar-refractivity contribution in [2.45, 2.75) is 18.8 Å². The highest BCUT2D eigenvalue weighted by molar-refractivity contribution is 4.65. The van der Waals surface area contributed by atoms with Gasteiger partial charge in [-0.2, -0.15) is 13.2 Å². The molecule has 0 aromatic heterocycles. The molecule has 0 heterocycles. The standard InChI is InChI=1S/C4H7F4N/c5-3(1-2-9)4(6,7)8/h3H,1-2,9H2. The second-order valence-corrected chi connectivity index (χ2v) is 1.59. The van der Waals surface area contributed by atoms with Gasteiger partial charge in [0, 0.05) is 0 Å². The summed E-state index contributed by atoms with van der Waals surface area (Å²) >= 11 is 0. The van der Waals surface area contributed by atoms with Gasteiger partial charge in [0.15, 0.2) is 6.17 Å². The zero-order valence-electron chi connectivity index (χ0n) is 4.58. The fourth-order valence-corrected chi connectivity index (χ4v) is 0.310. The zero-order valence-corrected chi connectivity index (χ0v) is 4.58. The molecule has 5 heteroatoms. The summed E-state index contributed by atoms with van der Waals surface area (Å²) in [7, 11) is 0. The van der Waals surface area contributed by atoms with Crippen LogP contribution in [0, 0.1) is 0 Å². The van der Waals surface area contributed by atoms with Crippen molar-refractivity contribution in [2.75, 3.05) is 6.54 Å². The molecule has 0 aromatic rings. The first-order valence-corrected chi connectivity index (χ1v) is 2.39. The molecule has 1 atom stereocenters. The van der Waals surface area contributed by atoms with Crippen LogP contribution in [-0.4, -0.2) is 18.9 Å². The second kappa shape index (κ2) is 3.00. The maximum Gasteiger partial charge on any atom is 0.419 e. The Morgan fingerprint density at radius 3 is 1.89 bits per heavy atom. The van der Waals surface area contributed by atoms with E-state index in [2.05, 4.69) is 5.73 Å². The van der Waals surface area contributed by atoms with Gasteiger partial charge in [-0.25, -0.2) is 4.39 Å². The summed E-state index contributed by atoms with van der Waals surface area (Å²) in [4.78, 5) is 0. The van der Waals surface area contributed by atoms with Crippen molar-refractivity contribution in [2.24, 2.45) is 5.73 Å². The van der Waals surface area contributed by atoms with Crippen LogP contribution >= 0.6 is 0 Å². The van der Waals surface area contributed by atoms with Crippen LogP contribution in [0.4, 0.5) is 17.6 Å². The van der Waals surface area contributed by atoms with E-state index in [9.17, 15) is 17.6 Å². The molecule has 0 bridgehead atoms. The lowest BCUT2D eigenvalue weighted by Crippen LogP contribution is -2.26. The van der Waals surface area contributed by atoms with Gasteiger partial charge in [0.25, 0.3) is 0 Å². The topological polar surface area (TPSA) is 26.0 Å². The Hall–Kier alpha value is -0.320.